The highest BCUT2D eigenvalue weighted by Gasteiger charge is 2.25. The largest absolute Gasteiger partial charge is 0.350 e. The van der Waals surface area contributed by atoms with Gasteiger partial charge in [-0.1, -0.05) is 32.0 Å². The average Bonchev–Trinajstić information content (AvgIpc) is 2.83. The third-order valence-electron chi connectivity index (χ3n) is 3.35. The lowest BCUT2D eigenvalue weighted by Gasteiger charge is -2.26. The first-order valence-corrected chi connectivity index (χ1v) is 6.43. The van der Waals surface area contributed by atoms with Crippen molar-refractivity contribution in [2.75, 3.05) is 6.54 Å². The minimum atomic E-state index is -0.487. The quantitative estimate of drug-likeness (QED) is 0.930. The van der Waals surface area contributed by atoms with Gasteiger partial charge in [0.2, 0.25) is 0 Å². The standard InChI is InChI=1S/C15H18FN3O/c1-15(2,11-6-4-5-7-12(11)16)10-17-14(20)13-8-9-18-19(13)3/h4-9H,10H2,1-3H3,(H,17,20). The zero-order valence-electron chi connectivity index (χ0n) is 11.9. The van der Waals surface area contributed by atoms with Crippen molar-refractivity contribution in [3.63, 3.8) is 0 Å². The van der Waals surface area contributed by atoms with E-state index in [9.17, 15) is 9.18 Å². The van der Waals surface area contributed by atoms with Crippen LogP contribution in [0.2, 0.25) is 0 Å². The maximum Gasteiger partial charge on any atom is 0.269 e. The van der Waals surface area contributed by atoms with Crippen LogP contribution in [-0.4, -0.2) is 22.2 Å². The number of hydrogen-bond donors (Lipinski definition) is 1. The van der Waals surface area contributed by atoms with Gasteiger partial charge in [0, 0.05) is 25.2 Å². The van der Waals surface area contributed by atoms with Gasteiger partial charge in [-0.15, -0.1) is 0 Å². The molecule has 0 radical (unpaired) electrons. The minimum Gasteiger partial charge on any atom is -0.350 e. The van der Waals surface area contributed by atoms with Gasteiger partial charge in [0.25, 0.3) is 5.91 Å². The lowest BCUT2D eigenvalue weighted by Crippen LogP contribution is -2.37. The highest BCUT2D eigenvalue weighted by atomic mass is 19.1. The summed E-state index contributed by atoms with van der Waals surface area (Å²) in [6, 6.07) is 8.27. The molecule has 0 fully saturated rings. The highest BCUT2D eigenvalue weighted by molar-refractivity contribution is 5.92. The Bertz CT molecular complexity index is 619. The van der Waals surface area contributed by atoms with Gasteiger partial charge in [0.05, 0.1) is 0 Å². The van der Waals surface area contributed by atoms with Crippen LogP contribution in [-0.2, 0) is 12.5 Å². The van der Waals surface area contributed by atoms with E-state index in [2.05, 4.69) is 10.4 Å². The van der Waals surface area contributed by atoms with E-state index < -0.39 is 5.41 Å². The van der Waals surface area contributed by atoms with Gasteiger partial charge in [-0.3, -0.25) is 9.48 Å². The molecule has 1 aromatic heterocycles. The fourth-order valence-corrected chi connectivity index (χ4v) is 2.09. The van der Waals surface area contributed by atoms with Gasteiger partial charge < -0.3 is 5.32 Å². The van der Waals surface area contributed by atoms with Crippen molar-refractivity contribution in [2.45, 2.75) is 19.3 Å². The number of aromatic nitrogens is 2. The van der Waals surface area contributed by atoms with E-state index in [1.807, 2.05) is 13.8 Å². The molecular weight excluding hydrogens is 257 g/mol. The number of carbonyl (C=O) groups is 1. The summed E-state index contributed by atoms with van der Waals surface area (Å²) < 4.78 is 15.3. The average molecular weight is 275 g/mol. The van der Waals surface area contributed by atoms with Gasteiger partial charge in [-0.2, -0.15) is 5.10 Å². The topological polar surface area (TPSA) is 46.9 Å². The van der Waals surface area contributed by atoms with Crippen LogP contribution in [0.15, 0.2) is 36.5 Å². The second-order valence-electron chi connectivity index (χ2n) is 5.39. The van der Waals surface area contributed by atoms with Crippen molar-refractivity contribution < 1.29 is 9.18 Å². The van der Waals surface area contributed by atoms with E-state index in [0.29, 0.717) is 17.8 Å². The van der Waals surface area contributed by atoms with Crippen LogP contribution in [0.4, 0.5) is 4.39 Å². The molecule has 0 spiro atoms. The Hall–Kier alpha value is -2.17. The molecule has 2 rings (SSSR count). The van der Waals surface area contributed by atoms with Crippen molar-refractivity contribution in [2.24, 2.45) is 7.05 Å². The molecule has 4 nitrogen and oxygen atoms in total. The molecule has 0 unspecified atom stereocenters. The fourth-order valence-electron chi connectivity index (χ4n) is 2.09. The predicted molar refractivity (Wildman–Crippen MR) is 75.0 cm³/mol. The highest BCUT2D eigenvalue weighted by Crippen LogP contribution is 2.24. The first kappa shape index (κ1) is 14.2. The molecule has 0 atom stereocenters. The summed E-state index contributed by atoms with van der Waals surface area (Å²) in [6.45, 7) is 4.14. The number of amides is 1. The first-order valence-electron chi connectivity index (χ1n) is 6.43. The van der Waals surface area contributed by atoms with E-state index >= 15 is 0 Å². The molecular formula is C15H18FN3O. The zero-order chi connectivity index (χ0) is 14.8. The molecule has 0 bridgehead atoms. The van der Waals surface area contributed by atoms with Crippen LogP contribution in [0.1, 0.15) is 29.9 Å². The minimum absolute atomic E-state index is 0.214. The van der Waals surface area contributed by atoms with Crippen LogP contribution >= 0.6 is 0 Å². The molecule has 0 saturated heterocycles. The Labute approximate surface area is 117 Å². The number of nitrogens with one attached hydrogen (secondary N) is 1. The first-order chi connectivity index (χ1) is 9.42. The Morgan fingerprint density at radius 1 is 1.35 bits per heavy atom. The maximum atomic E-state index is 13.8. The molecule has 0 aliphatic rings. The molecule has 0 aliphatic heterocycles. The number of rotatable bonds is 4. The molecule has 2 aromatic rings. The molecule has 20 heavy (non-hydrogen) atoms. The molecule has 0 aliphatic carbocycles. The Morgan fingerprint density at radius 2 is 2.05 bits per heavy atom. The number of carbonyl (C=O) groups excluding carboxylic acids is 1. The van der Waals surface area contributed by atoms with Gasteiger partial charge in [-0.25, -0.2) is 4.39 Å². The fraction of sp³-hybridized carbons (Fsp3) is 0.333. The number of benzene rings is 1. The SMILES string of the molecule is Cn1nccc1C(=O)NCC(C)(C)c1ccccc1F. The van der Waals surface area contributed by atoms with Gasteiger partial charge >= 0.3 is 0 Å². The number of hydrogen-bond acceptors (Lipinski definition) is 2. The van der Waals surface area contributed by atoms with Crippen molar-refractivity contribution >= 4 is 5.91 Å². The predicted octanol–water partition coefficient (Wildman–Crippen LogP) is 2.27. The Morgan fingerprint density at radius 3 is 2.65 bits per heavy atom. The number of aryl methyl sites for hydroxylation is 1. The second kappa shape index (κ2) is 5.45. The van der Waals surface area contributed by atoms with E-state index in [1.54, 1.807) is 37.5 Å². The van der Waals surface area contributed by atoms with Gasteiger partial charge in [0.15, 0.2) is 0 Å². The van der Waals surface area contributed by atoms with Crippen LogP contribution in [0.5, 0.6) is 0 Å². The second-order valence-corrected chi connectivity index (χ2v) is 5.39. The van der Waals surface area contributed by atoms with Crippen molar-refractivity contribution in [1.29, 1.82) is 0 Å². The summed E-state index contributed by atoms with van der Waals surface area (Å²) in [5, 5.41) is 6.78. The van der Waals surface area contributed by atoms with Gasteiger partial charge in [-0.05, 0) is 17.7 Å². The summed E-state index contributed by atoms with van der Waals surface area (Å²) >= 11 is 0. The molecule has 1 aromatic carbocycles. The van der Waals surface area contributed by atoms with Gasteiger partial charge in [0.1, 0.15) is 11.5 Å². The third kappa shape index (κ3) is 2.87. The van der Waals surface area contributed by atoms with E-state index in [0.717, 1.165) is 0 Å². The molecule has 1 amide bonds. The monoisotopic (exact) mass is 275 g/mol. The molecule has 106 valence electrons. The lowest BCUT2D eigenvalue weighted by molar-refractivity contribution is 0.0936. The molecule has 1 heterocycles. The maximum absolute atomic E-state index is 13.8. The summed E-state index contributed by atoms with van der Waals surface area (Å²) in [5.41, 5.74) is 0.583. The summed E-state index contributed by atoms with van der Waals surface area (Å²) in [5.74, 6) is -0.471. The van der Waals surface area contributed by atoms with Crippen molar-refractivity contribution in [1.82, 2.24) is 15.1 Å². The summed E-state index contributed by atoms with van der Waals surface area (Å²) in [7, 11) is 1.71. The number of nitrogens with zero attached hydrogens (tertiary/aromatic N) is 2. The smallest absolute Gasteiger partial charge is 0.269 e. The van der Waals surface area contributed by atoms with Crippen LogP contribution in [0.3, 0.4) is 0 Å². The van der Waals surface area contributed by atoms with Crippen molar-refractivity contribution in [3.05, 3.63) is 53.6 Å². The van der Waals surface area contributed by atoms with E-state index in [4.69, 9.17) is 0 Å². The van der Waals surface area contributed by atoms with Crippen molar-refractivity contribution in [3.8, 4) is 0 Å². The van der Waals surface area contributed by atoms with E-state index in [1.165, 1.54) is 10.7 Å². The Kier molecular flexibility index (Phi) is 3.88. The summed E-state index contributed by atoms with van der Waals surface area (Å²) in [4.78, 5) is 12.0. The lowest BCUT2D eigenvalue weighted by atomic mass is 9.84. The van der Waals surface area contributed by atoms with Crippen LogP contribution in [0, 0.1) is 5.82 Å². The molecule has 1 N–H and O–H groups in total. The summed E-state index contributed by atoms with van der Waals surface area (Å²) in [6.07, 6.45) is 1.57. The molecule has 0 saturated carbocycles. The third-order valence-corrected chi connectivity index (χ3v) is 3.35. The van der Waals surface area contributed by atoms with E-state index in [-0.39, 0.29) is 11.7 Å². The Balaban J connectivity index is 2.08. The number of halogens is 1. The van der Waals surface area contributed by atoms with Crippen LogP contribution < -0.4 is 5.32 Å². The van der Waals surface area contributed by atoms with Crippen LogP contribution in [0.25, 0.3) is 0 Å². The zero-order valence-corrected chi connectivity index (χ0v) is 11.9. The molecule has 5 heteroatoms. The normalized spacial score (nSPS) is 11.4.